The molecule has 1 aliphatic rings. The Hall–Kier alpha value is -1.58. The van der Waals surface area contributed by atoms with Crippen molar-refractivity contribution in [2.75, 3.05) is 39.8 Å². The molecule has 0 amide bonds. The molecule has 0 spiro atoms. The summed E-state index contributed by atoms with van der Waals surface area (Å²) in [5.41, 5.74) is 1.39. The van der Waals surface area contributed by atoms with Crippen molar-refractivity contribution in [2.45, 2.75) is 38.3 Å². The van der Waals surface area contributed by atoms with Gasteiger partial charge < -0.3 is 19.8 Å². The molecule has 1 aliphatic heterocycles. The van der Waals surface area contributed by atoms with E-state index < -0.39 is 0 Å². The van der Waals surface area contributed by atoms with Crippen LogP contribution in [0.2, 0.25) is 0 Å². The van der Waals surface area contributed by atoms with Crippen molar-refractivity contribution >= 4 is 29.9 Å². The molecule has 2 heterocycles. The van der Waals surface area contributed by atoms with E-state index in [1.807, 2.05) is 12.1 Å². The molecule has 1 saturated heterocycles. The van der Waals surface area contributed by atoms with Crippen molar-refractivity contribution in [3.8, 4) is 0 Å². The molecule has 0 saturated carbocycles. The number of halogens is 1. The topological polar surface area (TPSA) is 62.0 Å². The first kappa shape index (κ1) is 24.7. The molecule has 3 rings (SSSR count). The van der Waals surface area contributed by atoms with Crippen molar-refractivity contribution in [2.24, 2.45) is 4.99 Å². The Morgan fingerprint density at radius 1 is 1.10 bits per heavy atom. The van der Waals surface area contributed by atoms with Gasteiger partial charge in [-0.1, -0.05) is 30.3 Å². The zero-order valence-corrected chi connectivity index (χ0v) is 20.2. The second-order valence-corrected chi connectivity index (χ2v) is 7.44. The van der Waals surface area contributed by atoms with Gasteiger partial charge in [0.25, 0.3) is 0 Å². The van der Waals surface area contributed by atoms with Crippen molar-refractivity contribution in [3.05, 3.63) is 60.1 Å². The first-order chi connectivity index (χ1) is 14.3. The van der Waals surface area contributed by atoms with Crippen LogP contribution in [0.25, 0.3) is 0 Å². The maximum Gasteiger partial charge on any atom is 0.190 e. The molecule has 166 valence electrons. The minimum Gasteiger partial charge on any atom is -0.469 e. The number of nitrogens with zero attached hydrogens (tertiary/aromatic N) is 2. The van der Waals surface area contributed by atoms with E-state index in [1.54, 1.807) is 13.3 Å². The van der Waals surface area contributed by atoms with Crippen LogP contribution in [0.3, 0.4) is 0 Å². The molecule has 0 aliphatic carbocycles. The Balaban J connectivity index is 0.00000320. The number of furan rings is 1. The molecular weight excluding hydrogens is 491 g/mol. The number of hydrogen-bond acceptors (Lipinski definition) is 4. The van der Waals surface area contributed by atoms with Crippen LogP contribution in [-0.4, -0.2) is 56.8 Å². The first-order valence-electron chi connectivity index (χ1n) is 10.7. The maximum absolute atomic E-state index is 6.09. The average molecular weight is 526 g/mol. The van der Waals surface area contributed by atoms with Crippen molar-refractivity contribution < 1.29 is 9.15 Å². The highest BCUT2D eigenvalue weighted by atomic mass is 127. The third-order valence-corrected chi connectivity index (χ3v) is 5.22. The summed E-state index contributed by atoms with van der Waals surface area (Å²) in [6.45, 7) is 5.72. The second kappa shape index (κ2) is 14.4. The van der Waals surface area contributed by atoms with Gasteiger partial charge in [0.05, 0.1) is 12.4 Å². The van der Waals surface area contributed by atoms with E-state index in [2.05, 4.69) is 50.9 Å². The van der Waals surface area contributed by atoms with Gasteiger partial charge in [0.15, 0.2) is 5.96 Å². The summed E-state index contributed by atoms with van der Waals surface area (Å²) in [6, 6.07) is 14.6. The van der Waals surface area contributed by atoms with Gasteiger partial charge in [-0.15, -0.1) is 24.0 Å². The lowest BCUT2D eigenvalue weighted by atomic mass is 10.1. The number of ether oxygens (including phenoxy) is 1. The number of hydrogen-bond donors (Lipinski definition) is 2. The normalized spacial score (nSPS) is 15.6. The van der Waals surface area contributed by atoms with E-state index in [9.17, 15) is 0 Å². The van der Waals surface area contributed by atoms with Crippen molar-refractivity contribution in [3.63, 3.8) is 0 Å². The Kier molecular flexibility index (Phi) is 11.9. The van der Waals surface area contributed by atoms with Gasteiger partial charge in [-0.2, -0.15) is 0 Å². The number of rotatable bonds is 10. The fourth-order valence-electron chi connectivity index (χ4n) is 3.58. The van der Waals surface area contributed by atoms with E-state index in [1.165, 1.54) is 5.56 Å². The first-order valence-corrected chi connectivity index (χ1v) is 10.7. The Morgan fingerprint density at radius 3 is 2.57 bits per heavy atom. The Labute approximate surface area is 197 Å². The summed E-state index contributed by atoms with van der Waals surface area (Å²) in [7, 11) is 1.79. The van der Waals surface area contributed by atoms with Gasteiger partial charge in [0.1, 0.15) is 5.76 Å². The summed E-state index contributed by atoms with van der Waals surface area (Å²) in [4.78, 5) is 6.78. The molecule has 7 heteroatoms. The van der Waals surface area contributed by atoms with Crippen LogP contribution in [0.15, 0.2) is 58.1 Å². The molecule has 0 atom stereocenters. The lowest BCUT2D eigenvalue weighted by Crippen LogP contribution is -2.39. The number of likely N-dealkylation sites (tertiary alicyclic amines) is 1. The predicted octanol–water partition coefficient (Wildman–Crippen LogP) is 3.68. The predicted molar refractivity (Wildman–Crippen MR) is 133 cm³/mol. The third-order valence-electron chi connectivity index (χ3n) is 5.22. The molecule has 1 aromatic carbocycles. The van der Waals surface area contributed by atoms with Gasteiger partial charge in [-0.25, -0.2) is 0 Å². The molecule has 2 N–H and O–H groups in total. The van der Waals surface area contributed by atoms with Crippen LogP contribution in [-0.2, 0) is 17.7 Å². The average Bonchev–Trinajstić information content (AvgIpc) is 3.28. The highest BCUT2D eigenvalue weighted by molar-refractivity contribution is 14.0. The molecular formula is C23H35IN4O2. The van der Waals surface area contributed by atoms with E-state index in [-0.39, 0.29) is 24.0 Å². The number of piperidine rings is 1. The molecule has 0 unspecified atom stereocenters. The summed E-state index contributed by atoms with van der Waals surface area (Å²) in [5, 5.41) is 6.65. The maximum atomic E-state index is 6.09. The number of guanidine groups is 1. The fraction of sp³-hybridized carbons (Fsp3) is 0.522. The molecule has 1 aromatic heterocycles. The quantitative estimate of drug-likeness (QED) is 0.214. The summed E-state index contributed by atoms with van der Waals surface area (Å²) in [5.74, 6) is 1.81. The van der Waals surface area contributed by atoms with Gasteiger partial charge >= 0.3 is 0 Å². The molecule has 30 heavy (non-hydrogen) atoms. The SMILES string of the molecule is CN=C(NCCCOC1CCN(Cc2ccccc2)CC1)NCCc1ccco1.I. The van der Waals surface area contributed by atoms with Gasteiger partial charge in [0, 0.05) is 52.8 Å². The van der Waals surface area contributed by atoms with Crippen molar-refractivity contribution in [1.82, 2.24) is 15.5 Å². The molecule has 1 fully saturated rings. The lowest BCUT2D eigenvalue weighted by molar-refractivity contribution is 0.00534. The fourth-order valence-corrected chi connectivity index (χ4v) is 3.58. The van der Waals surface area contributed by atoms with Gasteiger partial charge in [0.2, 0.25) is 0 Å². The smallest absolute Gasteiger partial charge is 0.190 e. The Bertz CT molecular complexity index is 701. The van der Waals surface area contributed by atoms with E-state index >= 15 is 0 Å². The van der Waals surface area contributed by atoms with Crippen LogP contribution in [0.1, 0.15) is 30.6 Å². The van der Waals surface area contributed by atoms with Crippen LogP contribution in [0.4, 0.5) is 0 Å². The van der Waals surface area contributed by atoms with Crippen LogP contribution in [0, 0.1) is 0 Å². The summed E-state index contributed by atoms with van der Waals surface area (Å²) in [6.07, 6.45) is 6.16. The number of benzene rings is 1. The molecule has 0 radical (unpaired) electrons. The third kappa shape index (κ3) is 9.06. The molecule has 6 nitrogen and oxygen atoms in total. The zero-order valence-electron chi connectivity index (χ0n) is 17.9. The molecule has 0 bridgehead atoms. The number of aliphatic imine (C=N–C) groups is 1. The van der Waals surface area contributed by atoms with E-state index in [0.717, 1.165) is 76.7 Å². The van der Waals surface area contributed by atoms with Gasteiger partial charge in [-0.05, 0) is 37.0 Å². The lowest BCUT2D eigenvalue weighted by Gasteiger charge is -2.32. The van der Waals surface area contributed by atoms with Crippen LogP contribution >= 0.6 is 24.0 Å². The van der Waals surface area contributed by atoms with Crippen molar-refractivity contribution in [1.29, 1.82) is 0 Å². The number of nitrogens with one attached hydrogen (secondary N) is 2. The summed E-state index contributed by atoms with van der Waals surface area (Å²) < 4.78 is 11.4. The van der Waals surface area contributed by atoms with E-state index in [0.29, 0.717) is 6.10 Å². The standard InChI is InChI=1S/C23H34N4O2.HI/c1-24-23(26-14-10-21-9-5-17-28-21)25-13-6-18-29-22-11-15-27(16-12-22)19-20-7-3-2-4-8-20;/h2-5,7-9,17,22H,6,10-16,18-19H2,1H3,(H2,24,25,26);1H. The zero-order chi connectivity index (χ0) is 20.2. The second-order valence-electron chi connectivity index (χ2n) is 7.44. The summed E-state index contributed by atoms with van der Waals surface area (Å²) >= 11 is 0. The molecule has 2 aromatic rings. The monoisotopic (exact) mass is 526 g/mol. The van der Waals surface area contributed by atoms with Gasteiger partial charge in [-0.3, -0.25) is 9.89 Å². The highest BCUT2D eigenvalue weighted by Gasteiger charge is 2.19. The van der Waals surface area contributed by atoms with E-state index in [4.69, 9.17) is 9.15 Å². The minimum absolute atomic E-state index is 0. The Morgan fingerprint density at radius 2 is 1.87 bits per heavy atom. The van der Waals surface area contributed by atoms with Crippen LogP contribution < -0.4 is 10.6 Å². The highest BCUT2D eigenvalue weighted by Crippen LogP contribution is 2.16. The van der Waals surface area contributed by atoms with Crippen LogP contribution in [0.5, 0.6) is 0 Å². The largest absolute Gasteiger partial charge is 0.469 e. The minimum atomic E-state index is 0.